The average molecular weight is 254 g/mol. The summed E-state index contributed by atoms with van der Waals surface area (Å²) in [6.07, 6.45) is 0. The molecule has 0 aromatic heterocycles. The van der Waals surface area contributed by atoms with Crippen LogP contribution in [0.4, 0.5) is 11.4 Å². The van der Waals surface area contributed by atoms with Gasteiger partial charge >= 0.3 is 0 Å². The minimum Gasteiger partial charge on any atom is -0.344 e. The predicted molar refractivity (Wildman–Crippen MR) is 83.2 cm³/mol. The van der Waals surface area contributed by atoms with Gasteiger partial charge in [0.05, 0.1) is 0 Å². The third-order valence-corrected chi connectivity index (χ3v) is 3.35. The summed E-state index contributed by atoms with van der Waals surface area (Å²) in [5.74, 6) is 0. The second kappa shape index (κ2) is 5.89. The van der Waals surface area contributed by atoms with Gasteiger partial charge in [-0.3, -0.25) is 0 Å². The summed E-state index contributed by atoms with van der Waals surface area (Å²) >= 11 is 0. The fourth-order valence-electron chi connectivity index (χ4n) is 2.35. The lowest BCUT2D eigenvalue weighted by atomic mass is 10.1. The molecule has 2 rings (SSSR count). The van der Waals surface area contributed by atoms with Crippen LogP contribution in [0.15, 0.2) is 42.5 Å². The van der Waals surface area contributed by atoms with E-state index in [-0.39, 0.29) is 0 Å². The van der Waals surface area contributed by atoms with Crippen molar-refractivity contribution < 1.29 is 0 Å². The zero-order valence-electron chi connectivity index (χ0n) is 12.2. The Morgan fingerprint density at radius 2 is 1.74 bits per heavy atom. The molecular weight excluding hydrogens is 232 g/mol. The first-order valence-electron chi connectivity index (χ1n) is 6.66. The normalized spacial score (nSPS) is 10.5. The van der Waals surface area contributed by atoms with E-state index in [2.05, 4.69) is 73.6 Å². The number of nitrogens with zero attached hydrogens (tertiary/aromatic N) is 1. The Hall–Kier alpha value is -1.80. The highest BCUT2D eigenvalue weighted by Gasteiger charge is 2.09. The molecule has 0 radical (unpaired) electrons. The van der Waals surface area contributed by atoms with Gasteiger partial charge in [0.15, 0.2) is 0 Å². The van der Waals surface area contributed by atoms with Crippen molar-refractivity contribution in [3.8, 4) is 0 Å². The molecule has 0 saturated heterocycles. The SMILES string of the molecule is CNCc1cc(C)ccc1N(C)c1cccc(C)c1. The lowest BCUT2D eigenvalue weighted by molar-refractivity contribution is 0.815. The monoisotopic (exact) mass is 254 g/mol. The van der Waals surface area contributed by atoms with E-state index in [0.29, 0.717) is 0 Å². The maximum absolute atomic E-state index is 3.24. The molecule has 19 heavy (non-hydrogen) atoms. The van der Waals surface area contributed by atoms with E-state index in [1.54, 1.807) is 0 Å². The quantitative estimate of drug-likeness (QED) is 0.893. The molecule has 1 N–H and O–H groups in total. The second-order valence-electron chi connectivity index (χ2n) is 5.06. The molecule has 2 nitrogen and oxygen atoms in total. The average Bonchev–Trinajstić information content (AvgIpc) is 2.39. The highest BCUT2D eigenvalue weighted by Crippen LogP contribution is 2.28. The van der Waals surface area contributed by atoms with Crippen LogP contribution in [0.5, 0.6) is 0 Å². The Balaban J connectivity index is 2.40. The number of aryl methyl sites for hydroxylation is 2. The Morgan fingerprint density at radius 1 is 1.00 bits per heavy atom. The molecule has 0 fully saturated rings. The summed E-state index contributed by atoms with van der Waals surface area (Å²) in [5.41, 5.74) is 6.39. The van der Waals surface area contributed by atoms with Crippen LogP contribution in [0.2, 0.25) is 0 Å². The Kier molecular flexibility index (Phi) is 4.23. The molecule has 0 heterocycles. The Labute approximate surface area is 116 Å². The number of rotatable bonds is 4. The third kappa shape index (κ3) is 3.15. The fourth-order valence-corrected chi connectivity index (χ4v) is 2.35. The Morgan fingerprint density at radius 3 is 2.42 bits per heavy atom. The number of hydrogen-bond donors (Lipinski definition) is 1. The zero-order chi connectivity index (χ0) is 13.8. The molecule has 0 bridgehead atoms. The van der Waals surface area contributed by atoms with Gasteiger partial charge in [0, 0.05) is 25.0 Å². The largest absolute Gasteiger partial charge is 0.344 e. The van der Waals surface area contributed by atoms with Crippen LogP contribution in [-0.2, 0) is 6.54 Å². The lowest BCUT2D eigenvalue weighted by Crippen LogP contribution is -2.15. The smallest absolute Gasteiger partial charge is 0.0453 e. The Bertz CT molecular complexity index is 561. The predicted octanol–water partition coefficient (Wildman–Crippen LogP) is 3.79. The summed E-state index contributed by atoms with van der Waals surface area (Å²) in [6, 6.07) is 15.2. The minimum atomic E-state index is 0.882. The third-order valence-electron chi connectivity index (χ3n) is 3.35. The van der Waals surface area contributed by atoms with Crippen molar-refractivity contribution >= 4 is 11.4 Å². The van der Waals surface area contributed by atoms with E-state index in [0.717, 1.165) is 6.54 Å². The fraction of sp³-hybridized carbons (Fsp3) is 0.294. The van der Waals surface area contributed by atoms with E-state index in [4.69, 9.17) is 0 Å². The highest BCUT2D eigenvalue weighted by molar-refractivity contribution is 5.66. The van der Waals surface area contributed by atoms with Crippen LogP contribution in [0.1, 0.15) is 16.7 Å². The van der Waals surface area contributed by atoms with Crippen molar-refractivity contribution in [2.24, 2.45) is 0 Å². The molecule has 0 aliphatic heterocycles. The van der Waals surface area contributed by atoms with Gasteiger partial charge in [-0.25, -0.2) is 0 Å². The van der Waals surface area contributed by atoms with Crippen LogP contribution in [0.25, 0.3) is 0 Å². The maximum Gasteiger partial charge on any atom is 0.0453 e. The van der Waals surface area contributed by atoms with Crippen LogP contribution in [0.3, 0.4) is 0 Å². The molecule has 0 saturated carbocycles. The summed E-state index contributed by atoms with van der Waals surface area (Å²) in [7, 11) is 4.11. The first-order chi connectivity index (χ1) is 9.11. The molecular formula is C17H22N2. The van der Waals surface area contributed by atoms with Crippen LogP contribution >= 0.6 is 0 Å². The first kappa shape index (κ1) is 13.6. The number of nitrogens with one attached hydrogen (secondary N) is 1. The molecule has 0 atom stereocenters. The van der Waals surface area contributed by atoms with Gasteiger partial charge < -0.3 is 10.2 Å². The summed E-state index contributed by atoms with van der Waals surface area (Å²) in [5, 5.41) is 3.24. The molecule has 0 spiro atoms. The van der Waals surface area contributed by atoms with Crippen molar-refractivity contribution in [3.63, 3.8) is 0 Å². The van der Waals surface area contributed by atoms with Crippen molar-refractivity contribution in [2.45, 2.75) is 20.4 Å². The second-order valence-corrected chi connectivity index (χ2v) is 5.06. The molecule has 2 aromatic rings. The molecule has 2 aromatic carbocycles. The molecule has 0 amide bonds. The standard InChI is InChI=1S/C17H22N2/c1-13-6-5-7-16(11-13)19(4)17-9-8-14(2)10-15(17)12-18-3/h5-11,18H,12H2,1-4H3. The van der Waals surface area contributed by atoms with Gasteiger partial charge in [-0.1, -0.05) is 29.8 Å². The van der Waals surface area contributed by atoms with Crippen molar-refractivity contribution in [3.05, 3.63) is 59.2 Å². The van der Waals surface area contributed by atoms with E-state index in [9.17, 15) is 0 Å². The van der Waals surface area contributed by atoms with Crippen molar-refractivity contribution in [2.75, 3.05) is 19.0 Å². The number of anilines is 2. The molecule has 0 unspecified atom stereocenters. The van der Waals surface area contributed by atoms with E-state index < -0.39 is 0 Å². The minimum absolute atomic E-state index is 0.882. The van der Waals surface area contributed by atoms with Gasteiger partial charge in [-0.05, 0) is 50.2 Å². The number of benzene rings is 2. The molecule has 0 aliphatic carbocycles. The van der Waals surface area contributed by atoms with E-state index in [1.165, 1.54) is 28.1 Å². The summed E-state index contributed by atoms with van der Waals surface area (Å²) in [4.78, 5) is 2.25. The van der Waals surface area contributed by atoms with Gasteiger partial charge in [0.2, 0.25) is 0 Å². The summed E-state index contributed by atoms with van der Waals surface area (Å²) in [6.45, 7) is 5.14. The van der Waals surface area contributed by atoms with Gasteiger partial charge in [0.1, 0.15) is 0 Å². The zero-order valence-corrected chi connectivity index (χ0v) is 12.2. The van der Waals surface area contributed by atoms with Crippen molar-refractivity contribution in [1.82, 2.24) is 5.32 Å². The summed E-state index contributed by atoms with van der Waals surface area (Å²) < 4.78 is 0. The van der Waals surface area contributed by atoms with Crippen molar-refractivity contribution in [1.29, 1.82) is 0 Å². The number of hydrogen-bond acceptors (Lipinski definition) is 2. The van der Waals surface area contributed by atoms with E-state index >= 15 is 0 Å². The maximum atomic E-state index is 3.24. The highest BCUT2D eigenvalue weighted by atomic mass is 15.1. The van der Waals surface area contributed by atoms with Gasteiger partial charge in [-0.15, -0.1) is 0 Å². The van der Waals surface area contributed by atoms with Crippen LogP contribution < -0.4 is 10.2 Å². The molecule has 0 aliphatic rings. The van der Waals surface area contributed by atoms with E-state index in [1.807, 2.05) is 7.05 Å². The molecule has 100 valence electrons. The molecule has 2 heteroatoms. The van der Waals surface area contributed by atoms with Gasteiger partial charge in [0.25, 0.3) is 0 Å². The van der Waals surface area contributed by atoms with Crippen LogP contribution in [-0.4, -0.2) is 14.1 Å². The van der Waals surface area contributed by atoms with Gasteiger partial charge in [-0.2, -0.15) is 0 Å². The topological polar surface area (TPSA) is 15.3 Å². The lowest BCUT2D eigenvalue weighted by Gasteiger charge is -2.23. The van der Waals surface area contributed by atoms with Crippen LogP contribution in [0, 0.1) is 13.8 Å². The first-order valence-corrected chi connectivity index (χ1v) is 6.66.